The van der Waals surface area contributed by atoms with Crippen molar-refractivity contribution >= 4 is 51.2 Å². The van der Waals surface area contributed by atoms with Crippen molar-refractivity contribution in [2.45, 2.75) is 13.5 Å². The number of hydrogen-bond donors (Lipinski definition) is 2. The number of ether oxygens (including phenoxy) is 1. The van der Waals surface area contributed by atoms with Gasteiger partial charge in [0.2, 0.25) is 0 Å². The maximum absolute atomic E-state index is 12.4. The van der Waals surface area contributed by atoms with Crippen molar-refractivity contribution in [3.05, 3.63) is 76.8 Å². The van der Waals surface area contributed by atoms with Gasteiger partial charge in [0.05, 0.1) is 12.2 Å². The molecule has 2 N–H and O–H groups in total. The molecule has 0 unspecified atom stereocenters. The van der Waals surface area contributed by atoms with Crippen LogP contribution in [0.3, 0.4) is 0 Å². The van der Waals surface area contributed by atoms with E-state index in [1.165, 1.54) is 11.3 Å². The van der Waals surface area contributed by atoms with Crippen molar-refractivity contribution < 1.29 is 9.53 Å². The predicted molar refractivity (Wildman–Crippen MR) is 120 cm³/mol. The van der Waals surface area contributed by atoms with Crippen molar-refractivity contribution in [2.75, 3.05) is 11.9 Å². The first-order valence-corrected chi connectivity index (χ1v) is 10.3. The van der Waals surface area contributed by atoms with Crippen LogP contribution in [0.1, 0.15) is 22.8 Å². The van der Waals surface area contributed by atoms with E-state index in [1.54, 1.807) is 6.92 Å². The highest BCUT2D eigenvalue weighted by atomic mass is 35.5. The zero-order valence-electron chi connectivity index (χ0n) is 15.2. The van der Waals surface area contributed by atoms with E-state index in [0.717, 1.165) is 16.0 Å². The molecule has 0 spiro atoms. The van der Waals surface area contributed by atoms with Gasteiger partial charge in [-0.05, 0) is 48.5 Å². The molecule has 2 aromatic carbocycles. The second kappa shape index (κ2) is 9.68. The molecule has 1 aromatic heterocycles. The second-order valence-electron chi connectivity index (χ2n) is 5.88. The number of hydrogen-bond acceptors (Lipinski definition) is 4. The van der Waals surface area contributed by atoms with E-state index in [9.17, 15) is 4.79 Å². The van der Waals surface area contributed by atoms with Gasteiger partial charge in [0, 0.05) is 16.4 Å². The average Bonchev–Trinajstić information content (AvgIpc) is 3.11. The summed E-state index contributed by atoms with van der Waals surface area (Å²) in [6, 6.07) is 19.3. The lowest BCUT2D eigenvalue weighted by molar-refractivity contribution is 0.0528. The summed E-state index contributed by atoms with van der Waals surface area (Å²) in [6.07, 6.45) is 0. The van der Waals surface area contributed by atoms with Crippen LogP contribution in [0.25, 0.3) is 10.4 Å². The number of rotatable bonds is 6. The van der Waals surface area contributed by atoms with Crippen LogP contribution in [0.4, 0.5) is 5.00 Å². The average molecular weight is 431 g/mol. The molecule has 144 valence electrons. The number of carbonyl (C=O) groups is 1. The summed E-state index contributed by atoms with van der Waals surface area (Å²) in [4.78, 5) is 13.3. The molecule has 3 aromatic rings. The zero-order chi connectivity index (χ0) is 19.9. The van der Waals surface area contributed by atoms with Gasteiger partial charge in [0.25, 0.3) is 0 Å². The van der Waals surface area contributed by atoms with E-state index in [0.29, 0.717) is 33.9 Å². The molecule has 0 amide bonds. The van der Waals surface area contributed by atoms with Gasteiger partial charge in [-0.1, -0.05) is 54.1 Å². The van der Waals surface area contributed by atoms with Crippen LogP contribution in [0.5, 0.6) is 0 Å². The molecule has 4 nitrogen and oxygen atoms in total. The smallest absolute Gasteiger partial charge is 0.341 e. The lowest BCUT2D eigenvalue weighted by atomic mass is 10.1. The first-order chi connectivity index (χ1) is 13.6. The van der Waals surface area contributed by atoms with Gasteiger partial charge < -0.3 is 15.4 Å². The Kier molecular flexibility index (Phi) is 7.03. The summed E-state index contributed by atoms with van der Waals surface area (Å²) >= 11 is 12.9. The van der Waals surface area contributed by atoms with E-state index < -0.39 is 0 Å². The van der Waals surface area contributed by atoms with Gasteiger partial charge in [-0.2, -0.15) is 0 Å². The van der Waals surface area contributed by atoms with Crippen molar-refractivity contribution in [1.29, 1.82) is 0 Å². The van der Waals surface area contributed by atoms with Crippen LogP contribution in [0, 0.1) is 0 Å². The highest BCUT2D eigenvalue weighted by molar-refractivity contribution is 7.80. The Morgan fingerprint density at radius 3 is 2.64 bits per heavy atom. The topological polar surface area (TPSA) is 50.4 Å². The second-order valence-corrected chi connectivity index (χ2v) is 7.77. The van der Waals surface area contributed by atoms with Gasteiger partial charge in [0.15, 0.2) is 5.11 Å². The number of thiocarbonyl (C=S) groups is 1. The fourth-order valence-electron chi connectivity index (χ4n) is 2.57. The number of benzene rings is 2. The standard InChI is InChI=1S/C21H19ClN2O2S2/c1-2-26-20(25)17-12-18(15-8-4-3-5-9-15)28-19(17)24-21(27)23-13-14-7-6-10-16(22)11-14/h3-12H,2,13H2,1H3,(H2,23,24,27). The van der Waals surface area contributed by atoms with Crippen molar-refractivity contribution in [2.24, 2.45) is 0 Å². The Balaban J connectivity index is 1.76. The number of nitrogens with one attached hydrogen (secondary N) is 2. The summed E-state index contributed by atoms with van der Waals surface area (Å²) in [6.45, 7) is 2.62. The largest absolute Gasteiger partial charge is 0.462 e. The summed E-state index contributed by atoms with van der Waals surface area (Å²) in [5.74, 6) is -0.374. The Bertz CT molecular complexity index is 974. The van der Waals surface area contributed by atoms with E-state index in [1.807, 2.05) is 60.7 Å². The Hall–Kier alpha value is -2.41. The minimum atomic E-state index is -0.374. The summed E-state index contributed by atoms with van der Waals surface area (Å²) in [7, 11) is 0. The number of carbonyl (C=O) groups excluding carboxylic acids is 1. The molecular weight excluding hydrogens is 412 g/mol. The van der Waals surface area contributed by atoms with E-state index in [2.05, 4.69) is 10.6 Å². The minimum Gasteiger partial charge on any atom is -0.462 e. The van der Waals surface area contributed by atoms with Crippen molar-refractivity contribution in [3.8, 4) is 10.4 Å². The Labute approximate surface area is 178 Å². The molecule has 0 aliphatic carbocycles. The van der Waals surface area contributed by atoms with E-state index in [-0.39, 0.29) is 5.97 Å². The molecule has 28 heavy (non-hydrogen) atoms. The lowest BCUT2D eigenvalue weighted by Crippen LogP contribution is -2.28. The number of anilines is 1. The van der Waals surface area contributed by atoms with Crippen LogP contribution in [-0.2, 0) is 11.3 Å². The monoisotopic (exact) mass is 430 g/mol. The number of halogens is 1. The van der Waals surface area contributed by atoms with Crippen molar-refractivity contribution in [3.63, 3.8) is 0 Å². The third kappa shape index (κ3) is 5.32. The molecular formula is C21H19ClN2O2S2. The SMILES string of the molecule is CCOC(=O)c1cc(-c2ccccc2)sc1NC(=S)NCc1cccc(Cl)c1. The third-order valence-electron chi connectivity index (χ3n) is 3.85. The molecule has 0 bridgehead atoms. The Morgan fingerprint density at radius 2 is 1.93 bits per heavy atom. The first kappa shape index (κ1) is 20.3. The van der Waals surface area contributed by atoms with E-state index >= 15 is 0 Å². The zero-order valence-corrected chi connectivity index (χ0v) is 17.6. The van der Waals surface area contributed by atoms with Crippen LogP contribution < -0.4 is 10.6 Å². The first-order valence-electron chi connectivity index (χ1n) is 8.72. The van der Waals surface area contributed by atoms with Gasteiger partial charge in [-0.15, -0.1) is 11.3 Å². The molecule has 0 radical (unpaired) electrons. The molecule has 0 atom stereocenters. The highest BCUT2D eigenvalue weighted by Crippen LogP contribution is 2.35. The molecule has 0 aliphatic heterocycles. The Morgan fingerprint density at radius 1 is 1.14 bits per heavy atom. The summed E-state index contributed by atoms with van der Waals surface area (Å²) in [5.41, 5.74) is 2.51. The third-order valence-corrected chi connectivity index (χ3v) is 5.44. The normalized spacial score (nSPS) is 10.4. The summed E-state index contributed by atoms with van der Waals surface area (Å²) < 4.78 is 5.19. The van der Waals surface area contributed by atoms with Crippen LogP contribution >= 0.6 is 35.2 Å². The molecule has 1 heterocycles. The molecule has 7 heteroatoms. The van der Waals surface area contributed by atoms with Crippen LogP contribution in [0.15, 0.2) is 60.7 Å². The quantitative estimate of drug-likeness (QED) is 0.386. The molecule has 0 fully saturated rings. The molecule has 0 saturated heterocycles. The number of esters is 1. The lowest BCUT2D eigenvalue weighted by Gasteiger charge is -2.11. The fourth-order valence-corrected chi connectivity index (χ4v) is 4.07. The minimum absolute atomic E-state index is 0.312. The molecule has 0 aliphatic rings. The van der Waals surface area contributed by atoms with Gasteiger partial charge >= 0.3 is 5.97 Å². The van der Waals surface area contributed by atoms with Crippen molar-refractivity contribution in [1.82, 2.24) is 5.32 Å². The van der Waals surface area contributed by atoms with Gasteiger partial charge in [0.1, 0.15) is 5.00 Å². The predicted octanol–water partition coefficient (Wildman–Crippen LogP) is 5.73. The molecule has 3 rings (SSSR count). The molecule has 0 saturated carbocycles. The van der Waals surface area contributed by atoms with Gasteiger partial charge in [-0.25, -0.2) is 4.79 Å². The maximum Gasteiger partial charge on any atom is 0.341 e. The van der Waals surface area contributed by atoms with Gasteiger partial charge in [-0.3, -0.25) is 0 Å². The van der Waals surface area contributed by atoms with E-state index in [4.69, 9.17) is 28.6 Å². The number of thiophene rings is 1. The van der Waals surface area contributed by atoms with Crippen LogP contribution in [0.2, 0.25) is 5.02 Å². The fraction of sp³-hybridized carbons (Fsp3) is 0.143. The summed E-state index contributed by atoms with van der Waals surface area (Å²) in [5, 5.41) is 8.02. The highest BCUT2D eigenvalue weighted by Gasteiger charge is 2.19. The van der Waals surface area contributed by atoms with Crippen LogP contribution in [-0.4, -0.2) is 17.7 Å². The maximum atomic E-state index is 12.4.